The molecule has 0 saturated heterocycles. The predicted molar refractivity (Wildman–Crippen MR) is 136 cm³/mol. The molecule has 198 valence electrons. The van der Waals surface area contributed by atoms with Gasteiger partial charge in [0.05, 0.1) is 7.11 Å². The highest BCUT2D eigenvalue weighted by atomic mass is 32.2. The smallest absolute Gasteiger partial charge is 0.273 e. The molecule has 3 rings (SSSR count). The lowest BCUT2D eigenvalue weighted by atomic mass is 9.87. The average molecular weight is 534 g/mol. The van der Waals surface area contributed by atoms with E-state index in [4.69, 9.17) is 9.57 Å². The van der Waals surface area contributed by atoms with E-state index in [0.717, 1.165) is 24.5 Å². The molecule has 1 amide bonds. The van der Waals surface area contributed by atoms with Crippen molar-refractivity contribution in [3.63, 3.8) is 0 Å². The first kappa shape index (κ1) is 28.0. The van der Waals surface area contributed by atoms with Crippen LogP contribution in [0.5, 0.6) is 11.5 Å². The summed E-state index contributed by atoms with van der Waals surface area (Å²) in [5.74, 6) is -2.78. The lowest BCUT2D eigenvalue weighted by Gasteiger charge is -2.26. The van der Waals surface area contributed by atoms with Crippen LogP contribution in [0.15, 0.2) is 66.5 Å². The van der Waals surface area contributed by atoms with E-state index in [1.807, 2.05) is 0 Å². The number of methoxy groups -OCH3 is 1. The second-order valence-corrected chi connectivity index (χ2v) is 11.5. The largest absolute Gasteiger partial charge is 0.497 e. The molecule has 0 saturated carbocycles. The summed E-state index contributed by atoms with van der Waals surface area (Å²) in [6, 6.07) is 12.3. The van der Waals surface area contributed by atoms with E-state index >= 15 is 0 Å². The van der Waals surface area contributed by atoms with Gasteiger partial charge in [-0.2, -0.15) is 5.48 Å². The number of ether oxygens (including phenoxy) is 1. The fourth-order valence-electron chi connectivity index (χ4n) is 3.94. The number of sulfone groups is 1. The SMILES string of the molecule is COc1ccc(C2=CC(=O)[C@@H](CCCCC(C)(C(=O)NOc3ccccc3)S(C)(=O)=O)C=C2F)c(F)c1. The zero-order valence-corrected chi connectivity index (χ0v) is 21.6. The molecule has 0 aromatic heterocycles. The van der Waals surface area contributed by atoms with Gasteiger partial charge in [0.1, 0.15) is 17.4 Å². The fraction of sp³-hybridized carbons (Fsp3) is 0.333. The lowest BCUT2D eigenvalue weighted by molar-refractivity contribution is -0.130. The minimum atomic E-state index is -3.82. The van der Waals surface area contributed by atoms with E-state index in [9.17, 15) is 26.8 Å². The van der Waals surface area contributed by atoms with Crippen LogP contribution in [0.2, 0.25) is 0 Å². The van der Waals surface area contributed by atoms with Crippen molar-refractivity contribution in [3.05, 3.63) is 77.9 Å². The van der Waals surface area contributed by atoms with Crippen molar-refractivity contribution in [3.8, 4) is 11.5 Å². The van der Waals surface area contributed by atoms with Crippen LogP contribution in [0.25, 0.3) is 5.57 Å². The van der Waals surface area contributed by atoms with E-state index in [1.54, 1.807) is 30.3 Å². The first-order valence-electron chi connectivity index (χ1n) is 11.7. The molecule has 1 unspecified atom stereocenters. The van der Waals surface area contributed by atoms with Crippen LogP contribution in [0.1, 0.15) is 38.2 Å². The number of halogens is 2. The monoisotopic (exact) mass is 533 g/mol. The van der Waals surface area contributed by atoms with Crippen LogP contribution in [-0.4, -0.2) is 38.2 Å². The first-order valence-corrected chi connectivity index (χ1v) is 13.5. The summed E-state index contributed by atoms with van der Waals surface area (Å²) < 4.78 is 57.3. The quantitative estimate of drug-likeness (QED) is 0.331. The molecule has 1 N–H and O–H groups in total. The number of carbonyl (C=O) groups is 2. The van der Waals surface area contributed by atoms with E-state index in [0.29, 0.717) is 12.2 Å². The van der Waals surface area contributed by atoms with E-state index in [1.165, 1.54) is 26.2 Å². The Bertz CT molecular complexity index is 1320. The highest BCUT2D eigenvalue weighted by Gasteiger charge is 2.43. The maximum absolute atomic E-state index is 14.8. The Balaban J connectivity index is 1.60. The van der Waals surface area contributed by atoms with E-state index < -0.39 is 38.1 Å². The van der Waals surface area contributed by atoms with E-state index in [2.05, 4.69) is 5.48 Å². The molecule has 2 aromatic rings. The molecule has 0 radical (unpaired) electrons. The fourth-order valence-corrected chi connectivity index (χ4v) is 4.83. The Hall–Kier alpha value is -3.53. The van der Waals surface area contributed by atoms with Crippen LogP contribution in [0.3, 0.4) is 0 Å². The third kappa shape index (κ3) is 6.62. The van der Waals surface area contributed by atoms with Gasteiger partial charge in [-0.15, -0.1) is 0 Å². The number of ketones is 1. The Morgan fingerprint density at radius 2 is 1.78 bits per heavy atom. The lowest BCUT2D eigenvalue weighted by Crippen LogP contribution is -2.50. The average Bonchev–Trinajstić information content (AvgIpc) is 2.86. The number of nitrogens with one attached hydrogen (secondary N) is 1. The zero-order valence-electron chi connectivity index (χ0n) is 20.8. The van der Waals surface area contributed by atoms with Crippen molar-refractivity contribution < 1.29 is 36.4 Å². The Morgan fingerprint density at radius 1 is 1.08 bits per heavy atom. The number of rotatable bonds is 11. The first-order chi connectivity index (χ1) is 17.5. The van der Waals surface area contributed by atoms with Crippen molar-refractivity contribution in [1.29, 1.82) is 0 Å². The van der Waals surface area contributed by atoms with Gasteiger partial charge in [0, 0.05) is 29.4 Å². The second kappa shape index (κ2) is 11.7. The summed E-state index contributed by atoms with van der Waals surface area (Å²) in [6.45, 7) is 1.32. The van der Waals surface area contributed by atoms with Crippen molar-refractivity contribution in [1.82, 2.24) is 5.48 Å². The number of carbonyl (C=O) groups excluding carboxylic acids is 2. The summed E-state index contributed by atoms with van der Waals surface area (Å²) in [5.41, 5.74) is 2.02. The molecule has 1 aliphatic carbocycles. The highest BCUT2D eigenvalue weighted by molar-refractivity contribution is 7.92. The third-order valence-electron chi connectivity index (χ3n) is 6.45. The molecule has 37 heavy (non-hydrogen) atoms. The normalized spacial score (nSPS) is 17.3. The molecule has 7 nitrogen and oxygen atoms in total. The number of hydrogen-bond donors (Lipinski definition) is 1. The maximum atomic E-state index is 14.8. The number of amides is 1. The molecule has 2 aromatic carbocycles. The molecule has 0 bridgehead atoms. The number of allylic oxidation sites excluding steroid dienone is 4. The summed E-state index contributed by atoms with van der Waals surface area (Å²) in [4.78, 5) is 30.6. The van der Waals surface area contributed by atoms with Gasteiger partial charge in [0.15, 0.2) is 26.1 Å². The Labute approximate surface area is 215 Å². The van der Waals surface area contributed by atoms with Gasteiger partial charge in [-0.25, -0.2) is 17.2 Å². The topological polar surface area (TPSA) is 98.8 Å². The molecule has 0 fully saturated rings. The number of hydroxylamine groups is 1. The van der Waals surface area contributed by atoms with Crippen molar-refractivity contribution in [2.24, 2.45) is 5.92 Å². The Morgan fingerprint density at radius 3 is 2.41 bits per heavy atom. The molecule has 0 aliphatic heterocycles. The van der Waals surface area contributed by atoms with Crippen LogP contribution in [-0.2, 0) is 19.4 Å². The zero-order chi connectivity index (χ0) is 27.2. The van der Waals surface area contributed by atoms with Crippen molar-refractivity contribution >= 4 is 27.1 Å². The van der Waals surface area contributed by atoms with Crippen LogP contribution >= 0.6 is 0 Å². The van der Waals surface area contributed by atoms with Gasteiger partial charge in [0.25, 0.3) is 5.91 Å². The minimum absolute atomic E-state index is 0.0267. The van der Waals surface area contributed by atoms with Crippen LogP contribution in [0.4, 0.5) is 8.78 Å². The van der Waals surface area contributed by atoms with Crippen LogP contribution < -0.4 is 15.1 Å². The third-order valence-corrected chi connectivity index (χ3v) is 8.47. The number of para-hydroxylation sites is 1. The minimum Gasteiger partial charge on any atom is -0.497 e. The van der Waals surface area contributed by atoms with Gasteiger partial charge in [-0.3, -0.25) is 9.59 Å². The van der Waals surface area contributed by atoms with Gasteiger partial charge in [-0.1, -0.05) is 31.0 Å². The number of benzene rings is 2. The number of unbranched alkanes of at least 4 members (excludes halogenated alkanes) is 1. The molecule has 0 heterocycles. The summed E-state index contributed by atoms with van der Waals surface area (Å²) in [6.07, 6.45) is 4.06. The summed E-state index contributed by atoms with van der Waals surface area (Å²) in [5, 5.41) is 0. The van der Waals surface area contributed by atoms with Gasteiger partial charge >= 0.3 is 0 Å². The Kier molecular flexibility index (Phi) is 8.85. The molecule has 2 atom stereocenters. The highest BCUT2D eigenvalue weighted by Crippen LogP contribution is 2.34. The second-order valence-electron chi connectivity index (χ2n) is 9.02. The summed E-state index contributed by atoms with van der Waals surface area (Å²) in [7, 11) is -2.44. The van der Waals surface area contributed by atoms with Crippen LogP contribution in [0, 0.1) is 11.7 Å². The van der Waals surface area contributed by atoms with Crippen molar-refractivity contribution in [2.45, 2.75) is 37.4 Å². The molecular formula is C27H29F2NO6S. The predicted octanol–water partition coefficient (Wildman–Crippen LogP) is 4.74. The number of hydrogen-bond acceptors (Lipinski definition) is 6. The van der Waals surface area contributed by atoms with Gasteiger partial charge in [-0.05, 0) is 56.2 Å². The van der Waals surface area contributed by atoms with E-state index in [-0.39, 0.29) is 41.9 Å². The molecule has 10 heteroatoms. The maximum Gasteiger partial charge on any atom is 0.273 e. The molecular weight excluding hydrogens is 504 g/mol. The van der Waals surface area contributed by atoms with Gasteiger partial charge in [0.2, 0.25) is 0 Å². The van der Waals surface area contributed by atoms with Crippen molar-refractivity contribution in [2.75, 3.05) is 13.4 Å². The standard InChI is InChI=1S/C27H29F2NO6S/c1-27(37(3,33)34,26(32)30-36-19-10-5-4-6-11-19)14-8-7-9-18-15-23(28)22(17-25(18)31)21-13-12-20(35-2)16-24(21)29/h4-6,10-13,15-18H,7-9,14H2,1-3H3,(H,30,32)/t18-,27?/m0/s1. The molecule has 0 spiro atoms. The summed E-state index contributed by atoms with van der Waals surface area (Å²) >= 11 is 0. The van der Waals surface area contributed by atoms with Gasteiger partial charge < -0.3 is 9.57 Å². The molecule has 1 aliphatic rings.